The zero-order chi connectivity index (χ0) is 20.2. The highest BCUT2D eigenvalue weighted by atomic mass is 35.5. The number of rotatable bonds is 6. The van der Waals surface area contributed by atoms with Crippen molar-refractivity contribution in [3.63, 3.8) is 0 Å². The summed E-state index contributed by atoms with van der Waals surface area (Å²) in [6.45, 7) is 0.827. The smallest absolute Gasteiger partial charge is 0.266 e. The molecule has 7 heteroatoms. The lowest BCUT2D eigenvalue weighted by molar-refractivity contribution is -0.121. The molecule has 146 valence electrons. The summed E-state index contributed by atoms with van der Waals surface area (Å²) in [5, 5.41) is 8.97. The number of hydrogen-bond donors (Lipinski definition) is 1. The molecule has 0 aliphatic rings. The van der Waals surface area contributed by atoms with E-state index in [4.69, 9.17) is 11.6 Å². The second-order valence-electron chi connectivity index (χ2n) is 6.64. The highest BCUT2D eigenvalue weighted by Gasteiger charge is 2.07. The maximum absolute atomic E-state index is 12.3. The van der Waals surface area contributed by atoms with Gasteiger partial charge in [-0.05, 0) is 35.7 Å². The number of amides is 1. The van der Waals surface area contributed by atoms with E-state index in [1.807, 2.05) is 53.2 Å². The van der Waals surface area contributed by atoms with Gasteiger partial charge in [0.05, 0.1) is 12.2 Å². The number of hydrogen-bond acceptors (Lipinski definition) is 3. The Bertz CT molecular complexity index is 1210. The molecule has 4 aromatic rings. The summed E-state index contributed by atoms with van der Waals surface area (Å²) in [7, 11) is 0. The number of nitrogens with one attached hydrogen (secondary N) is 1. The van der Waals surface area contributed by atoms with Gasteiger partial charge in [0.15, 0.2) is 0 Å². The number of fused-ring (bicyclic) bond motifs is 1. The molecule has 29 heavy (non-hydrogen) atoms. The van der Waals surface area contributed by atoms with Crippen molar-refractivity contribution in [1.29, 1.82) is 0 Å². The van der Waals surface area contributed by atoms with Crippen LogP contribution in [0.5, 0.6) is 0 Å². The normalized spacial score (nSPS) is 10.9. The average molecular weight is 407 g/mol. The number of carbonyl (C=O) groups excluding carboxylic acids is 1. The molecule has 6 nitrogen and oxygen atoms in total. The fraction of sp³-hybridized carbons (Fsp3) is 0.136. The summed E-state index contributed by atoms with van der Waals surface area (Å²) >= 11 is 5.92. The predicted octanol–water partition coefficient (Wildman–Crippen LogP) is 3.33. The molecule has 0 atom stereocenters. The van der Waals surface area contributed by atoms with Gasteiger partial charge >= 0.3 is 0 Å². The fourth-order valence-corrected chi connectivity index (χ4v) is 3.30. The predicted molar refractivity (Wildman–Crippen MR) is 114 cm³/mol. The van der Waals surface area contributed by atoms with Gasteiger partial charge in [-0.3, -0.25) is 9.59 Å². The van der Waals surface area contributed by atoms with Gasteiger partial charge in [0, 0.05) is 34.9 Å². The van der Waals surface area contributed by atoms with Crippen molar-refractivity contribution in [3.05, 3.63) is 88.3 Å². The second-order valence-corrected chi connectivity index (χ2v) is 7.08. The van der Waals surface area contributed by atoms with Gasteiger partial charge in [-0.2, -0.15) is 5.10 Å². The van der Waals surface area contributed by atoms with Crippen LogP contribution in [0.2, 0.25) is 5.02 Å². The number of carbonyl (C=O) groups is 1. The maximum atomic E-state index is 12.3. The van der Waals surface area contributed by atoms with E-state index in [1.165, 1.54) is 10.7 Å². The lowest BCUT2D eigenvalue weighted by Crippen LogP contribution is -2.33. The molecule has 1 amide bonds. The minimum absolute atomic E-state index is 0.117. The van der Waals surface area contributed by atoms with Crippen molar-refractivity contribution in [1.82, 2.24) is 19.7 Å². The molecule has 0 radical (unpaired) electrons. The standard InChI is InChI=1S/C22H19ClN4O2/c23-18-7-5-16(6-8-18)19-9-10-22(29)27(25-19)14-12-24-21(28)15-26-13-11-17-3-1-2-4-20(17)26/h1-11,13H,12,14-15H2,(H,24,28). The van der Waals surface area contributed by atoms with Crippen LogP contribution in [0.4, 0.5) is 0 Å². The first-order chi connectivity index (χ1) is 14.1. The number of benzene rings is 2. The van der Waals surface area contributed by atoms with Crippen LogP contribution in [-0.2, 0) is 17.9 Å². The molecular weight excluding hydrogens is 388 g/mol. The molecule has 4 rings (SSSR count). The van der Waals surface area contributed by atoms with E-state index in [0.717, 1.165) is 16.5 Å². The lowest BCUT2D eigenvalue weighted by atomic mass is 10.1. The van der Waals surface area contributed by atoms with Crippen molar-refractivity contribution in [3.8, 4) is 11.3 Å². The van der Waals surface area contributed by atoms with Gasteiger partial charge in [-0.1, -0.05) is 41.9 Å². The van der Waals surface area contributed by atoms with Crippen LogP contribution in [0.15, 0.2) is 77.7 Å². The zero-order valence-electron chi connectivity index (χ0n) is 15.6. The van der Waals surface area contributed by atoms with Crippen LogP contribution in [0.3, 0.4) is 0 Å². The van der Waals surface area contributed by atoms with Crippen LogP contribution >= 0.6 is 11.6 Å². The molecule has 2 heterocycles. The first kappa shape index (κ1) is 19.0. The minimum Gasteiger partial charge on any atom is -0.353 e. The summed E-state index contributed by atoms with van der Waals surface area (Å²) in [4.78, 5) is 24.4. The maximum Gasteiger partial charge on any atom is 0.266 e. The van der Waals surface area contributed by atoms with Crippen molar-refractivity contribution in [2.45, 2.75) is 13.1 Å². The molecule has 0 fully saturated rings. The van der Waals surface area contributed by atoms with Crippen LogP contribution in [0, 0.1) is 0 Å². The summed E-state index contributed by atoms with van der Waals surface area (Å²) in [5.41, 5.74) is 2.34. The number of halogens is 1. The average Bonchev–Trinajstić information content (AvgIpc) is 3.13. The molecule has 0 saturated carbocycles. The summed E-state index contributed by atoms with van der Waals surface area (Å²) in [6.07, 6.45) is 1.89. The largest absolute Gasteiger partial charge is 0.353 e. The SMILES string of the molecule is O=C(Cn1ccc2ccccc21)NCCn1nc(-c2ccc(Cl)cc2)ccc1=O. The van der Waals surface area contributed by atoms with Crippen LogP contribution in [0.1, 0.15) is 0 Å². The fourth-order valence-electron chi connectivity index (χ4n) is 3.17. The van der Waals surface area contributed by atoms with Crippen molar-refractivity contribution >= 4 is 28.4 Å². The summed E-state index contributed by atoms with van der Waals surface area (Å²) < 4.78 is 3.26. The highest BCUT2D eigenvalue weighted by molar-refractivity contribution is 6.30. The molecule has 2 aromatic carbocycles. The zero-order valence-corrected chi connectivity index (χ0v) is 16.3. The molecule has 1 N–H and O–H groups in total. The molecule has 2 aromatic heterocycles. The summed E-state index contributed by atoms with van der Waals surface area (Å²) in [6, 6.07) is 20.3. The third-order valence-electron chi connectivity index (χ3n) is 4.65. The topological polar surface area (TPSA) is 68.9 Å². The molecule has 0 spiro atoms. The molecular formula is C22H19ClN4O2. The van der Waals surface area contributed by atoms with Crippen LogP contribution in [-0.4, -0.2) is 26.8 Å². The number of para-hydroxylation sites is 1. The Morgan fingerprint density at radius 1 is 1.00 bits per heavy atom. The van der Waals surface area contributed by atoms with Gasteiger partial charge in [0.25, 0.3) is 5.56 Å². The van der Waals surface area contributed by atoms with Crippen molar-refractivity contribution in [2.24, 2.45) is 0 Å². The Labute approximate surface area is 172 Å². The van der Waals surface area contributed by atoms with Gasteiger partial charge in [-0.15, -0.1) is 0 Å². The van der Waals surface area contributed by atoms with Crippen LogP contribution < -0.4 is 10.9 Å². The Morgan fingerprint density at radius 3 is 2.62 bits per heavy atom. The Morgan fingerprint density at radius 2 is 1.79 bits per heavy atom. The van der Waals surface area contributed by atoms with E-state index in [0.29, 0.717) is 23.8 Å². The molecule has 0 bridgehead atoms. The van der Waals surface area contributed by atoms with Gasteiger partial charge in [0.2, 0.25) is 5.91 Å². The highest BCUT2D eigenvalue weighted by Crippen LogP contribution is 2.18. The molecule has 0 aliphatic heterocycles. The number of aromatic nitrogens is 3. The third kappa shape index (κ3) is 4.38. The van der Waals surface area contributed by atoms with Crippen molar-refractivity contribution < 1.29 is 4.79 Å². The van der Waals surface area contributed by atoms with Gasteiger partial charge < -0.3 is 9.88 Å². The minimum atomic E-state index is -0.214. The lowest BCUT2D eigenvalue weighted by Gasteiger charge is -2.10. The Kier molecular flexibility index (Phi) is 5.44. The third-order valence-corrected chi connectivity index (χ3v) is 4.90. The summed E-state index contributed by atoms with van der Waals surface area (Å²) in [5.74, 6) is -0.117. The van der Waals surface area contributed by atoms with E-state index in [-0.39, 0.29) is 18.0 Å². The monoisotopic (exact) mass is 406 g/mol. The Balaban J connectivity index is 1.38. The first-order valence-electron chi connectivity index (χ1n) is 9.25. The first-order valence-corrected chi connectivity index (χ1v) is 9.63. The van der Waals surface area contributed by atoms with Gasteiger partial charge in [-0.25, -0.2) is 4.68 Å². The molecule has 0 unspecified atom stereocenters. The molecule has 0 aliphatic carbocycles. The number of nitrogens with zero attached hydrogens (tertiary/aromatic N) is 3. The van der Waals surface area contributed by atoms with Gasteiger partial charge in [0.1, 0.15) is 6.54 Å². The van der Waals surface area contributed by atoms with Crippen molar-refractivity contribution in [2.75, 3.05) is 6.54 Å². The van der Waals surface area contributed by atoms with E-state index in [9.17, 15) is 9.59 Å². The van der Waals surface area contributed by atoms with E-state index in [1.54, 1.807) is 18.2 Å². The van der Waals surface area contributed by atoms with Crippen LogP contribution in [0.25, 0.3) is 22.2 Å². The van der Waals surface area contributed by atoms with E-state index in [2.05, 4.69) is 10.4 Å². The second kappa shape index (κ2) is 8.32. The van der Waals surface area contributed by atoms with E-state index >= 15 is 0 Å². The Hall–Kier alpha value is -3.38. The quantitative estimate of drug-likeness (QED) is 0.534. The van der Waals surface area contributed by atoms with E-state index < -0.39 is 0 Å². The molecule has 0 saturated heterocycles.